The third-order valence-electron chi connectivity index (χ3n) is 3.47. The molecule has 0 amide bonds. The topological polar surface area (TPSA) is 47.3 Å². The summed E-state index contributed by atoms with van der Waals surface area (Å²) in [7, 11) is 1.45. The van der Waals surface area contributed by atoms with Crippen molar-refractivity contribution in [3.8, 4) is 5.75 Å². The molecule has 2 aromatic carbocycles. The van der Waals surface area contributed by atoms with Crippen molar-refractivity contribution in [1.29, 1.82) is 0 Å². The molecule has 3 N–H and O–H groups in total. The Morgan fingerprint density at radius 1 is 1.29 bits per heavy atom. The Morgan fingerprint density at radius 3 is 2.67 bits per heavy atom. The van der Waals surface area contributed by atoms with Crippen molar-refractivity contribution in [1.82, 2.24) is 5.43 Å². The van der Waals surface area contributed by atoms with Crippen LogP contribution in [0.15, 0.2) is 40.9 Å². The lowest BCUT2D eigenvalue weighted by molar-refractivity contribution is 0.386. The Kier molecular flexibility index (Phi) is 5.33. The molecule has 5 heteroatoms. The van der Waals surface area contributed by atoms with Gasteiger partial charge >= 0.3 is 0 Å². The van der Waals surface area contributed by atoms with Crippen molar-refractivity contribution < 1.29 is 9.13 Å². The maximum absolute atomic E-state index is 13.8. The molecule has 2 rings (SSSR count). The van der Waals surface area contributed by atoms with Crippen molar-refractivity contribution in [2.45, 2.75) is 19.4 Å². The molecular weight excluding hydrogens is 335 g/mol. The van der Waals surface area contributed by atoms with E-state index in [2.05, 4.69) is 21.4 Å². The molecule has 0 bridgehead atoms. The Morgan fingerprint density at radius 2 is 2.05 bits per heavy atom. The average Bonchev–Trinajstić information content (AvgIpc) is 2.47. The summed E-state index contributed by atoms with van der Waals surface area (Å²) in [6, 6.07) is 10.9. The summed E-state index contributed by atoms with van der Waals surface area (Å²) in [6.45, 7) is 2.03. The summed E-state index contributed by atoms with van der Waals surface area (Å²) >= 11 is 3.46. The zero-order valence-electron chi connectivity index (χ0n) is 12.0. The van der Waals surface area contributed by atoms with E-state index in [-0.39, 0.29) is 17.6 Å². The molecular formula is C16H18BrFN2O. The largest absolute Gasteiger partial charge is 0.494 e. The molecule has 0 aliphatic heterocycles. The molecule has 0 aromatic heterocycles. The van der Waals surface area contributed by atoms with Gasteiger partial charge in [0.05, 0.1) is 13.2 Å². The van der Waals surface area contributed by atoms with Gasteiger partial charge in [-0.3, -0.25) is 11.3 Å². The zero-order chi connectivity index (χ0) is 15.4. The van der Waals surface area contributed by atoms with Crippen LogP contribution in [0.25, 0.3) is 0 Å². The summed E-state index contributed by atoms with van der Waals surface area (Å²) in [5.74, 6) is 5.56. The minimum atomic E-state index is -0.364. The Balaban J connectivity index is 2.26. The van der Waals surface area contributed by atoms with E-state index in [4.69, 9.17) is 10.6 Å². The quantitative estimate of drug-likeness (QED) is 0.637. The van der Waals surface area contributed by atoms with Gasteiger partial charge in [0, 0.05) is 4.47 Å². The van der Waals surface area contributed by atoms with E-state index in [1.54, 1.807) is 6.07 Å². The van der Waals surface area contributed by atoms with Gasteiger partial charge in [-0.25, -0.2) is 4.39 Å². The van der Waals surface area contributed by atoms with Gasteiger partial charge in [0.1, 0.15) is 0 Å². The number of aryl methyl sites for hydroxylation is 1. The normalized spacial score (nSPS) is 12.2. The van der Waals surface area contributed by atoms with Gasteiger partial charge in [0.25, 0.3) is 0 Å². The number of halogens is 2. The third kappa shape index (κ3) is 3.81. The number of rotatable bonds is 5. The maximum atomic E-state index is 13.8. The van der Waals surface area contributed by atoms with Gasteiger partial charge in [-0.2, -0.15) is 0 Å². The first kappa shape index (κ1) is 15.9. The highest BCUT2D eigenvalue weighted by Crippen LogP contribution is 2.26. The highest BCUT2D eigenvalue weighted by atomic mass is 79.9. The summed E-state index contributed by atoms with van der Waals surface area (Å²) < 4.78 is 19.7. The number of benzene rings is 2. The molecule has 1 unspecified atom stereocenters. The third-order valence-corrected chi connectivity index (χ3v) is 3.97. The zero-order valence-corrected chi connectivity index (χ0v) is 13.6. The number of nitrogens with one attached hydrogen (secondary N) is 1. The Hall–Kier alpha value is -1.43. The highest BCUT2D eigenvalue weighted by Gasteiger charge is 2.14. The van der Waals surface area contributed by atoms with Crippen molar-refractivity contribution in [2.24, 2.45) is 5.84 Å². The lowest BCUT2D eigenvalue weighted by Crippen LogP contribution is -2.30. The molecule has 3 nitrogen and oxygen atoms in total. The van der Waals surface area contributed by atoms with E-state index in [0.717, 1.165) is 21.2 Å². The van der Waals surface area contributed by atoms with E-state index < -0.39 is 0 Å². The molecule has 0 aliphatic carbocycles. The fourth-order valence-electron chi connectivity index (χ4n) is 2.32. The van der Waals surface area contributed by atoms with Gasteiger partial charge in [-0.1, -0.05) is 28.1 Å². The van der Waals surface area contributed by atoms with Gasteiger partial charge < -0.3 is 4.74 Å². The smallest absolute Gasteiger partial charge is 0.165 e. The number of ether oxygens (including phenoxy) is 1. The van der Waals surface area contributed by atoms with Crippen molar-refractivity contribution >= 4 is 15.9 Å². The second kappa shape index (κ2) is 7.02. The number of methoxy groups -OCH3 is 1. The van der Waals surface area contributed by atoms with Crippen LogP contribution in [0.3, 0.4) is 0 Å². The molecule has 0 spiro atoms. The van der Waals surface area contributed by atoms with Crippen molar-refractivity contribution in [2.75, 3.05) is 7.11 Å². The lowest BCUT2D eigenvalue weighted by Gasteiger charge is -2.19. The molecule has 0 aliphatic rings. The predicted molar refractivity (Wildman–Crippen MR) is 85.6 cm³/mol. The molecule has 0 fully saturated rings. The fraction of sp³-hybridized carbons (Fsp3) is 0.250. The van der Waals surface area contributed by atoms with Crippen LogP contribution < -0.4 is 16.0 Å². The standard InChI is InChI=1S/C16H18BrFN2O/c1-10-3-5-12(17)9-13(10)15(20-19)8-11-4-6-16(21-2)14(18)7-11/h3-7,9,15,20H,8,19H2,1-2H3. The Bertz CT molecular complexity index is 634. The second-order valence-electron chi connectivity index (χ2n) is 4.89. The van der Waals surface area contributed by atoms with E-state index in [9.17, 15) is 4.39 Å². The average molecular weight is 353 g/mol. The van der Waals surface area contributed by atoms with Crippen LogP contribution in [-0.2, 0) is 6.42 Å². The van der Waals surface area contributed by atoms with Crippen LogP contribution in [-0.4, -0.2) is 7.11 Å². The second-order valence-corrected chi connectivity index (χ2v) is 5.81. The summed E-state index contributed by atoms with van der Waals surface area (Å²) in [4.78, 5) is 0. The van der Waals surface area contributed by atoms with Gasteiger partial charge in [0.15, 0.2) is 11.6 Å². The van der Waals surface area contributed by atoms with Crippen molar-refractivity contribution in [3.05, 3.63) is 63.4 Å². The Labute approximate surface area is 132 Å². The van der Waals surface area contributed by atoms with E-state index in [0.29, 0.717) is 6.42 Å². The first-order valence-corrected chi connectivity index (χ1v) is 7.39. The molecule has 0 saturated heterocycles. The summed E-state index contributed by atoms with van der Waals surface area (Å²) in [5.41, 5.74) is 5.89. The molecule has 1 atom stereocenters. The van der Waals surface area contributed by atoms with Crippen LogP contribution in [0.1, 0.15) is 22.7 Å². The predicted octanol–water partition coefficient (Wildman–Crippen LogP) is 3.65. The minimum Gasteiger partial charge on any atom is -0.494 e. The van der Waals surface area contributed by atoms with E-state index >= 15 is 0 Å². The summed E-state index contributed by atoms with van der Waals surface area (Å²) in [5, 5.41) is 0. The first-order chi connectivity index (χ1) is 10.0. The SMILES string of the molecule is COc1ccc(CC(NN)c2cc(Br)ccc2C)cc1F. The molecule has 0 radical (unpaired) electrons. The van der Waals surface area contributed by atoms with Crippen LogP contribution in [0.5, 0.6) is 5.75 Å². The number of nitrogens with two attached hydrogens (primary N) is 1. The monoisotopic (exact) mass is 352 g/mol. The molecule has 0 heterocycles. The first-order valence-electron chi connectivity index (χ1n) is 6.59. The van der Waals surface area contributed by atoms with Gasteiger partial charge in [-0.15, -0.1) is 0 Å². The van der Waals surface area contributed by atoms with Gasteiger partial charge in [0.2, 0.25) is 0 Å². The van der Waals surface area contributed by atoms with Crippen LogP contribution in [0.2, 0.25) is 0 Å². The van der Waals surface area contributed by atoms with E-state index in [1.807, 2.05) is 31.2 Å². The van der Waals surface area contributed by atoms with Crippen molar-refractivity contribution in [3.63, 3.8) is 0 Å². The number of hydrogen-bond donors (Lipinski definition) is 2. The molecule has 112 valence electrons. The van der Waals surface area contributed by atoms with Crippen LogP contribution in [0, 0.1) is 12.7 Å². The van der Waals surface area contributed by atoms with Crippen LogP contribution >= 0.6 is 15.9 Å². The lowest BCUT2D eigenvalue weighted by atomic mass is 9.96. The van der Waals surface area contributed by atoms with Gasteiger partial charge in [-0.05, 0) is 54.3 Å². The van der Waals surface area contributed by atoms with E-state index in [1.165, 1.54) is 13.2 Å². The molecule has 2 aromatic rings. The molecule has 21 heavy (non-hydrogen) atoms. The highest BCUT2D eigenvalue weighted by molar-refractivity contribution is 9.10. The van der Waals surface area contributed by atoms with Crippen LogP contribution in [0.4, 0.5) is 4.39 Å². The summed E-state index contributed by atoms with van der Waals surface area (Å²) in [6.07, 6.45) is 0.592. The number of hydrogen-bond acceptors (Lipinski definition) is 3. The fourth-order valence-corrected chi connectivity index (χ4v) is 2.70. The maximum Gasteiger partial charge on any atom is 0.165 e. The number of hydrazine groups is 1. The molecule has 0 saturated carbocycles. The minimum absolute atomic E-state index is 0.0877.